The molecule has 3 aromatic carbocycles. The van der Waals surface area contributed by atoms with E-state index in [1.165, 1.54) is 19.1 Å². The highest BCUT2D eigenvalue weighted by Gasteiger charge is 2.50. The molecule has 0 saturated carbocycles. The Kier molecular flexibility index (Phi) is 8.05. The predicted octanol–water partition coefficient (Wildman–Crippen LogP) is 2.30. The number of Topliss-reactive ketones (excluding diaryl/α,β-unsaturated/α-hetero) is 1. The summed E-state index contributed by atoms with van der Waals surface area (Å²) in [6, 6.07) is 14.6. The van der Waals surface area contributed by atoms with Crippen LogP contribution in [0.25, 0.3) is 6.08 Å². The number of esters is 1. The number of ketones is 1. The molecule has 0 spiro atoms. The summed E-state index contributed by atoms with van der Waals surface area (Å²) in [7, 11) is 0. The SMILES string of the molecule is C[C@@H]1O[C@@H](O[C@H]2C(=O)c3c(O)cc(O)cc3O[C@@H]2c2ccc(O)c(O)c2)[C@H](O)[C@H](OC(=O)C=Cc2ccccc2)[C@H]1O. The Labute approximate surface area is 239 Å². The second kappa shape index (κ2) is 11.7. The number of aromatic hydroxyl groups is 4. The Morgan fingerprint density at radius 2 is 1.64 bits per heavy atom. The zero-order valence-corrected chi connectivity index (χ0v) is 22.1. The highest BCUT2D eigenvalue weighted by molar-refractivity contribution is 6.05. The molecule has 2 aliphatic heterocycles. The van der Waals surface area contributed by atoms with E-state index in [1.54, 1.807) is 24.3 Å². The number of aliphatic hydroxyl groups is 2. The standard InChI is InChI=1S/C30H28O12/c1-14-24(36)28(41-22(35)10-7-15-5-3-2-4-6-15)26(38)30(39-14)42-29-25(37)23-20(34)12-17(31)13-21(23)40-27(29)16-8-9-18(32)19(33)11-16/h2-14,24,26-34,36,38H,1H3/t14-,24-,26+,27+,28+,29-,30-/m0/s1. The fourth-order valence-corrected chi connectivity index (χ4v) is 4.79. The third-order valence-corrected chi connectivity index (χ3v) is 6.95. The van der Waals surface area contributed by atoms with Crippen molar-refractivity contribution in [3.05, 3.63) is 83.4 Å². The molecule has 12 heteroatoms. The predicted molar refractivity (Wildman–Crippen MR) is 144 cm³/mol. The van der Waals surface area contributed by atoms with Crippen LogP contribution in [0.3, 0.4) is 0 Å². The Balaban J connectivity index is 1.42. The minimum Gasteiger partial charge on any atom is -0.508 e. The van der Waals surface area contributed by atoms with Crippen LogP contribution in [0.15, 0.2) is 66.7 Å². The summed E-state index contributed by atoms with van der Waals surface area (Å²) in [5, 5.41) is 61.9. The minimum absolute atomic E-state index is 0.157. The van der Waals surface area contributed by atoms with Crippen LogP contribution in [0.2, 0.25) is 0 Å². The number of benzene rings is 3. The maximum atomic E-state index is 13.7. The van der Waals surface area contributed by atoms with Crippen LogP contribution in [-0.4, -0.2) is 79.2 Å². The maximum Gasteiger partial charge on any atom is 0.331 e. The summed E-state index contributed by atoms with van der Waals surface area (Å²) in [5.74, 6) is -3.79. The fraction of sp³-hybridized carbons (Fsp3) is 0.267. The highest BCUT2D eigenvalue weighted by Crippen LogP contribution is 2.44. The zero-order chi connectivity index (χ0) is 30.1. The van der Waals surface area contributed by atoms with E-state index in [4.69, 9.17) is 18.9 Å². The van der Waals surface area contributed by atoms with Crippen LogP contribution in [0.5, 0.6) is 28.7 Å². The molecule has 1 fully saturated rings. The molecule has 220 valence electrons. The molecule has 2 heterocycles. The number of ether oxygens (including phenoxy) is 4. The van der Waals surface area contributed by atoms with Gasteiger partial charge in [-0.25, -0.2) is 4.79 Å². The van der Waals surface area contributed by atoms with E-state index in [0.29, 0.717) is 0 Å². The first-order valence-corrected chi connectivity index (χ1v) is 12.9. The van der Waals surface area contributed by atoms with Crippen LogP contribution in [0, 0.1) is 0 Å². The number of hydrogen-bond acceptors (Lipinski definition) is 12. The van der Waals surface area contributed by atoms with Gasteiger partial charge < -0.3 is 49.6 Å². The van der Waals surface area contributed by atoms with Crippen molar-refractivity contribution in [2.24, 2.45) is 0 Å². The van der Waals surface area contributed by atoms with E-state index in [1.807, 2.05) is 6.07 Å². The van der Waals surface area contributed by atoms with Gasteiger partial charge in [0.1, 0.15) is 35.0 Å². The van der Waals surface area contributed by atoms with E-state index in [9.17, 15) is 40.2 Å². The molecule has 1 saturated heterocycles. The number of carbonyl (C=O) groups excluding carboxylic acids is 2. The first-order valence-electron chi connectivity index (χ1n) is 12.9. The van der Waals surface area contributed by atoms with Crippen LogP contribution in [0.1, 0.15) is 34.5 Å². The molecule has 0 aromatic heterocycles. The van der Waals surface area contributed by atoms with Crippen molar-refractivity contribution >= 4 is 17.8 Å². The molecule has 0 radical (unpaired) electrons. The van der Waals surface area contributed by atoms with E-state index >= 15 is 0 Å². The lowest BCUT2D eigenvalue weighted by Crippen LogP contribution is -2.60. The fourth-order valence-electron chi connectivity index (χ4n) is 4.79. The summed E-state index contributed by atoms with van der Waals surface area (Å²) in [5.41, 5.74) is 0.560. The number of aliphatic hydroxyl groups excluding tert-OH is 2. The van der Waals surface area contributed by atoms with Gasteiger partial charge >= 0.3 is 5.97 Å². The van der Waals surface area contributed by atoms with Gasteiger partial charge in [-0.15, -0.1) is 0 Å². The number of hydrogen-bond donors (Lipinski definition) is 6. The Morgan fingerprint density at radius 3 is 2.36 bits per heavy atom. The number of fused-ring (bicyclic) bond motifs is 1. The Bertz CT molecular complexity index is 1500. The normalized spacial score (nSPS) is 27.3. The van der Waals surface area contributed by atoms with Gasteiger partial charge in [-0.05, 0) is 36.3 Å². The lowest BCUT2D eigenvalue weighted by atomic mass is 9.92. The number of carbonyl (C=O) groups is 2. The van der Waals surface area contributed by atoms with Crippen molar-refractivity contribution in [2.45, 2.75) is 49.8 Å². The molecule has 0 bridgehead atoms. The van der Waals surface area contributed by atoms with Gasteiger partial charge in [0.05, 0.1) is 6.10 Å². The van der Waals surface area contributed by atoms with Crippen molar-refractivity contribution in [2.75, 3.05) is 0 Å². The van der Waals surface area contributed by atoms with Crippen molar-refractivity contribution in [3.63, 3.8) is 0 Å². The summed E-state index contributed by atoms with van der Waals surface area (Å²) in [4.78, 5) is 26.2. The van der Waals surface area contributed by atoms with Gasteiger partial charge in [-0.3, -0.25) is 4.79 Å². The summed E-state index contributed by atoms with van der Waals surface area (Å²) >= 11 is 0. The molecule has 5 rings (SSSR count). The monoisotopic (exact) mass is 580 g/mol. The maximum absolute atomic E-state index is 13.7. The highest BCUT2D eigenvalue weighted by atomic mass is 16.7. The molecule has 3 aromatic rings. The van der Waals surface area contributed by atoms with Gasteiger partial charge in [-0.2, -0.15) is 0 Å². The zero-order valence-electron chi connectivity index (χ0n) is 22.1. The number of phenolic OH excluding ortho intramolecular Hbond substituents is 4. The van der Waals surface area contributed by atoms with Crippen molar-refractivity contribution in [1.82, 2.24) is 0 Å². The average Bonchev–Trinajstić information content (AvgIpc) is 2.95. The van der Waals surface area contributed by atoms with Crippen LogP contribution in [-0.2, 0) is 19.0 Å². The second-order valence-corrected chi connectivity index (χ2v) is 9.88. The topological polar surface area (TPSA) is 192 Å². The molecular weight excluding hydrogens is 552 g/mol. The Hall–Kier alpha value is -4.62. The molecule has 0 aliphatic carbocycles. The average molecular weight is 581 g/mol. The molecule has 0 amide bonds. The molecule has 42 heavy (non-hydrogen) atoms. The summed E-state index contributed by atoms with van der Waals surface area (Å²) in [6.07, 6.45) is -7.72. The molecule has 6 N–H and O–H groups in total. The van der Waals surface area contributed by atoms with Crippen molar-refractivity contribution < 1.29 is 59.2 Å². The van der Waals surface area contributed by atoms with Gasteiger partial charge in [-0.1, -0.05) is 36.4 Å². The second-order valence-electron chi connectivity index (χ2n) is 9.88. The van der Waals surface area contributed by atoms with Crippen molar-refractivity contribution in [1.29, 1.82) is 0 Å². The molecule has 7 atom stereocenters. The summed E-state index contributed by atoms with van der Waals surface area (Å²) in [6.45, 7) is 1.45. The smallest absolute Gasteiger partial charge is 0.331 e. The van der Waals surface area contributed by atoms with Gasteiger partial charge in [0.15, 0.2) is 36.1 Å². The van der Waals surface area contributed by atoms with E-state index in [-0.39, 0.29) is 22.6 Å². The molecule has 2 aliphatic rings. The first-order chi connectivity index (χ1) is 20.0. The van der Waals surface area contributed by atoms with Gasteiger partial charge in [0, 0.05) is 18.2 Å². The van der Waals surface area contributed by atoms with Crippen LogP contribution < -0.4 is 4.74 Å². The summed E-state index contributed by atoms with van der Waals surface area (Å²) < 4.78 is 22.8. The third kappa shape index (κ3) is 5.74. The van der Waals surface area contributed by atoms with E-state index in [0.717, 1.165) is 35.9 Å². The van der Waals surface area contributed by atoms with Crippen LogP contribution >= 0.6 is 0 Å². The molecular formula is C30H28O12. The first kappa shape index (κ1) is 28.9. The largest absolute Gasteiger partial charge is 0.508 e. The number of rotatable bonds is 6. The number of phenols is 4. The Morgan fingerprint density at radius 1 is 0.905 bits per heavy atom. The minimum atomic E-state index is -1.78. The molecule has 12 nitrogen and oxygen atoms in total. The van der Waals surface area contributed by atoms with Gasteiger partial charge in [0.2, 0.25) is 5.78 Å². The van der Waals surface area contributed by atoms with Crippen LogP contribution in [0.4, 0.5) is 0 Å². The third-order valence-electron chi connectivity index (χ3n) is 6.95. The lowest BCUT2D eigenvalue weighted by molar-refractivity contribution is -0.306. The van der Waals surface area contributed by atoms with Crippen molar-refractivity contribution in [3.8, 4) is 28.7 Å². The van der Waals surface area contributed by atoms with E-state index in [2.05, 4.69) is 0 Å². The van der Waals surface area contributed by atoms with Gasteiger partial charge in [0.25, 0.3) is 0 Å². The quantitative estimate of drug-likeness (QED) is 0.142. The van der Waals surface area contributed by atoms with E-state index < -0.39 is 71.9 Å². The molecule has 0 unspecified atom stereocenters. The lowest BCUT2D eigenvalue weighted by Gasteiger charge is -2.43.